The summed E-state index contributed by atoms with van der Waals surface area (Å²) in [5.41, 5.74) is 1.97. The molecule has 1 aromatic carbocycles. The maximum absolute atomic E-state index is 9.62. The highest BCUT2D eigenvalue weighted by Gasteiger charge is 2.19. The fraction of sp³-hybridized carbons (Fsp3) is 0.421. The number of aliphatic hydroxyl groups excluding tert-OH is 1. The molecule has 0 unspecified atom stereocenters. The quantitative estimate of drug-likeness (QED) is 0.660. The molecule has 0 radical (unpaired) electrons. The van der Waals surface area contributed by atoms with E-state index < -0.39 is 0 Å². The van der Waals surface area contributed by atoms with Crippen LogP contribution in [0.25, 0.3) is 0 Å². The van der Waals surface area contributed by atoms with Crippen LogP contribution in [0, 0.1) is 5.92 Å². The largest absolute Gasteiger partial charge is 0.497 e. The van der Waals surface area contributed by atoms with Gasteiger partial charge in [-0.3, -0.25) is 4.98 Å². The van der Waals surface area contributed by atoms with E-state index in [4.69, 9.17) is 4.74 Å². The summed E-state index contributed by atoms with van der Waals surface area (Å²) in [5.74, 6) is 1.17. The highest BCUT2D eigenvalue weighted by Crippen LogP contribution is 2.18. The van der Waals surface area contributed by atoms with Gasteiger partial charge in [0.2, 0.25) is 0 Å². The predicted molar refractivity (Wildman–Crippen MR) is 97.3 cm³/mol. The van der Waals surface area contributed by atoms with E-state index in [1.165, 1.54) is 0 Å². The summed E-state index contributed by atoms with van der Waals surface area (Å²) in [5, 5.41) is 16.6. The molecule has 0 saturated heterocycles. The van der Waals surface area contributed by atoms with Crippen molar-refractivity contribution in [2.24, 2.45) is 5.92 Å². The number of methoxy groups -OCH3 is 1. The number of nitrogens with one attached hydrogen (secondary N) is 2. The molecular weight excluding hydrogens is 302 g/mol. The number of pyridine rings is 1. The van der Waals surface area contributed by atoms with Gasteiger partial charge in [0.15, 0.2) is 0 Å². The SMILES string of the molecule is COc1ccc(NC[C@H](N[C@H](CO)C(C)C)c2ccccn2)cc1. The van der Waals surface area contributed by atoms with Crippen molar-refractivity contribution < 1.29 is 9.84 Å². The standard InChI is InChI=1S/C19H27N3O2/c1-14(2)19(13-23)22-18(17-6-4-5-11-20-17)12-21-15-7-9-16(24-3)10-8-15/h4-11,14,18-19,21-23H,12-13H2,1-3H3/t18-,19+/m0/s1. The van der Waals surface area contributed by atoms with E-state index in [-0.39, 0.29) is 18.7 Å². The fourth-order valence-corrected chi connectivity index (χ4v) is 2.47. The molecule has 0 aliphatic rings. The summed E-state index contributed by atoms with van der Waals surface area (Å²) < 4.78 is 5.18. The molecule has 2 atom stereocenters. The Kier molecular flexibility index (Phi) is 7.03. The molecule has 0 aliphatic heterocycles. The van der Waals surface area contributed by atoms with Crippen LogP contribution in [0.2, 0.25) is 0 Å². The first-order chi connectivity index (χ1) is 11.6. The van der Waals surface area contributed by atoms with Crippen LogP contribution < -0.4 is 15.4 Å². The minimum atomic E-state index is 0.00727. The zero-order chi connectivity index (χ0) is 17.4. The lowest BCUT2D eigenvalue weighted by Gasteiger charge is -2.27. The van der Waals surface area contributed by atoms with Crippen molar-refractivity contribution in [3.8, 4) is 5.75 Å². The number of aromatic nitrogens is 1. The first-order valence-corrected chi connectivity index (χ1v) is 8.29. The molecule has 0 aliphatic carbocycles. The first-order valence-electron chi connectivity index (χ1n) is 8.29. The van der Waals surface area contributed by atoms with Crippen LogP contribution in [-0.4, -0.2) is 36.4 Å². The van der Waals surface area contributed by atoms with Crippen molar-refractivity contribution in [2.45, 2.75) is 25.9 Å². The summed E-state index contributed by atoms with van der Waals surface area (Å²) >= 11 is 0. The highest BCUT2D eigenvalue weighted by molar-refractivity contribution is 5.46. The lowest BCUT2D eigenvalue weighted by Crippen LogP contribution is -2.42. The normalized spacial score (nSPS) is 13.5. The Bertz CT molecular complexity index is 587. The molecule has 1 heterocycles. The van der Waals surface area contributed by atoms with Crippen molar-refractivity contribution in [3.05, 3.63) is 54.4 Å². The summed E-state index contributed by atoms with van der Waals surface area (Å²) in [6, 6.07) is 13.7. The number of benzene rings is 1. The Morgan fingerprint density at radius 2 is 1.88 bits per heavy atom. The van der Waals surface area contributed by atoms with Gasteiger partial charge in [-0.2, -0.15) is 0 Å². The van der Waals surface area contributed by atoms with Gasteiger partial charge in [-0.15, -0.1) is 0 Å². The fourth-order valence-electron chi connectivity index (χ4n) is 2.47. The molecule has 0 saturated carbocycles. The van der Waals surface area contributed by atoms with Crippen LogP contribution in [0.1, 0.15) is 25.6 Å². The Morgan fingerprint density at radius 3 is 2.42 bits per heavy atom. The van der Waals surface area contributed by atoms with Gasteiger partial charge < -0.3 is 20.5 Å². The van der Waals surface area contributed by atoms with Crippen molar-refractivity contribution >= 4 is 5.69 Å². The maximum Gasteiger partial charge on any atom is 0.119 e. The average Bonchev–Trinajstić information content (AvgIpc) is 2.63. The molecule has 0 spiro atoms. The van der Waals surface area contributed by atoms with E-state index in [0.717, 1.165) is 17.1 Å². The lowest BCUT2D eigenvalue weighted by molar-refractivity contribution is 0.200. The second-order valence-corrected chi connectivity index (χ2v) is 6.12. The molecule has 5 nitrogen and oxygen atoms in total. The third-order valence-corrected chi connectivity index (χ3v) is 4.06. The smallest absolute Gasteiger partial charge is 0.119 e. The van der Waals surface area contributed by atoms with Gasteiger partial charge in [-0.05, 0) is 42.3 Å². The summed E-state index contributed by atoms with van der Waals surface area (Å²) in [6.07, 6.45) is 1.79. The van der Waals surface area contributed by atoms with Crippen LogP contribution in [0.4, 0.5) is 5.69 Å². The number of anilines is 1. The van der Waals surface area contributed by atoms with Crippen LogP contribution >= 0.6 is 0 Å². The minimum Gasteiger partial charge on any atom is -0.497 e. The molecule has 0 bridgehead atoms. The Hall–Kier alpha value is -2.11. The monoisotopic (exact) mass is 329 g/mol. The predicted octanol–water partition coefficient (Wildman–Crippen LogP) is 2.85. The zero-order valence-corrected chi connectivity index (χ0v) is 14.6. The molecule has 2 aromatic rings. The minimum absolute atomic E-state index is 0.00727. The number of nitrogens with zero attached hydrogens (tertiary/aromatic N) is 1. The molecule has 24 heavy (non-hydrogen) atoms. The number of hydrogen-bond acceptors (Lipinski definition) is 5. The van der Waals surface area contributed by atoms with Gasteiger partial charge >= 0.3 is 0 Å². The van der Waals surface area contributed by atoms with Crippen molar-refractivity contribution in [1.82, 2.24) is 10.3 Å². The van der Waals surface area contributed by atoms with E-state index in [9.17, 15) is 5.11 Å². The van der Waals surface area contributed by atoms with Crippen molar-refractivity contribution in [2.75, 3.05) is 25.6 Å². The molecular formula is C19H27N3O2. The van der Waals surface area contributed by atoms with E-state index in [2.05, 4.69) is 29.5 Å². The van der Waals surface area contributed by atoms with Crippen LogP contribution in [0.15, 0.2) is 48.7 Å². The van der Waals surface area contributed by atoms with Gasteiger partial charge in [-0.1, -0.05) is 19.9 Å². The highest BCUT2D eigenvalue weighted by atomic mass is 16.5. The Morgan fingerprint density at radius 1 is 1.12 bits per heavy atom. The van der Waals surface area contributed by atoms with Crippen LogP contribution in [0.3, 0.4) is 0 Å². The maximum atomic E-state index is 9.62. The summed E-state index contributed by atoms with van der Waals surface area (Å²) in [4.78, 5) is 4.46. The van der Waals surface area contributed by atoms with Gasteiger partial charge in [0.1, 0.15) is 5.75 Å². The zero-order valence-electron chi connectivity index (χ0n) is 14.6. The van der Waals surface area contributed by atoms with Crippen molar-refractivity contribution in [1.29, 1.82) is 0 Å². The molecule has 2 rings (SSSR count). The van der Waals surface area contributed by atoms with E-state index in [0.29, 0.717) is 12.5 Å². The topological polar surface area (TPSA) is 66.4 Å². The molecule has 1 aromatic heterocycles. The third kappa shape index (κ3) is 5.22. The van der Waals surface area contributed by atoms with Crippen LogP contribution in [0.5, 0.6) is 5.75 Å². The number of hydrogen-bond donors (Lipinski definition) is 3. The summed E-state index contributed by atoms with van der Waals surface area (Å²) in [7, 11) is 1.66. The van der Waals surface area contributed by atoms with E-state index >= 15 is 0 Å². The third-order valence-electron chi connectivity index (χ3n) is 4.06. The number of aliphatic hydroxyl groups is 1. The first kappa shape index (κ1) is 18.2. The Labute approximate surface area is 144 Å². The molecule has 3 N–H and O–H groups in total. The summed E-state index contributed by atoms with van der Waals surface area (Å²) in [6.45, 7) is 4.97. The van der Waals surface area contributed by atoms with Crippen molar-refractivity contribution in [3.63, 3.8) is 0 Å². The van der Waals surface area contributed by atoms with Gasteiger partial charge in [0.25, 0.3) is 0 Å². The molecule has 0 fully saturated rings. The Balaban J connectivity index is 2.07. The second-order valence-electron chi connectivity index (χ2n) is 6.12. The van der Waals surface area contributed by atoms with E-state index in [1.54, 1.807) is 13.3 Å². The molecule has 130 valence electrons. The molecule has 0 amide bonds. The van der Waals surface area contributed by atoms with Gasteiger partial charge in [-0.25, -0.2) is 0 Å². The second kappa shape index (κ2) is 9.25. The number of ether oxygens (including phenoxy) is 1. The van der Waals surface area contributed by atoms with Crippen LogP contribution in [-0.2, 0) is 0 Å². The van der Waals surface area contributed by atoms with E-state index in [1.807, 2.05) is 42.5 Å². The van der Waals surface area contributed by atoms with Gasteiger partial charge in [0.05, 0.1) is 25.5 Å². The lowest BCUT2D eigenvalue weighted by atomic mass is 10.0. The molecule has 5 heteroatoms. The average molecular weight is 329 g/mol. The van der Waals surface area contributed by atoms with Gasteiger partial charge in [0, 0.05) is 24.5 Å². The number of rotatable bonds is 9.